The van der Waals surface area contributed by atoms with Crippen molar-refractivity contribution in [1.82, 2.24) is 0 Å². The molecule has 6 heteroatoms. The number of hydrogen-bond acceptors (Lipinski definition) is 5. The number of nitrogens with zero attached hydrogens (tertiary/aromatic N) is 2. The number of anilines is 2. The first-order chi connectivity index (χ1) is 21.7. The minimum absolute atomic E-state index is 0.374. The summed E-state index contributed by atoms with van der Waals surface area (Å²) in [5.41, 5.74) is 10.5. The number of carbonyl (C=O) groups excluding carboxylic acids is 1. The molecule has 228 valence electrons. The molecule has 5 aromatic rings. The number of hydrogen-bond donors (Lipinski definition) is 0. The molecule has 1 atom stereocenters. The Labute approximate surface area is 269 Å². The molecule has 0 bridgehead atoms. The van der Waals surface area contributed by atoms with Crippen LogP contribution in [0.1, 0.15) is 55.5 Å². The molecule has 1 heterocycles. The summed E-state index contributed by atoms with van der Waals surface area (Å²) in [5, 5.41) is 2.10. The van der Waals surface area contributed by atoms with Gasteiger partial charge in [-0.25, -0.2) is 0 Å². The number of methoxy groups -OCH3 is 1. The van der Waals surface area contributed by atoms with Crippen LogP contribution in [0, 0.1) is 41.5 Å². The fourth-order valence-corrected chi connectivity index (χ4v) is 17.9. The van der Waals surface area contributed by atoms with Crippen molar-refractivity contribution in [3.05, 3.63) is 154 Å². The maximum absolute atomic E-state index is 13.5. The summed E-state index contributed by atoms with van der Waals surface area (Å²) < 4.78 is 18.2. The van der Waals surface area contributed by atoms with Crippen molar-refractivity contribution in [3.8, 4) is 0 Å². The standard InChI is InChI=1S/C39H40GeN2O3/c1-26-22-28(3)36(29(4)23-26)40(37-30(5)24-27(2)25-31(37)6)41(35-21-15-14-20-34(35)39(43)44-7)38(32-16-10-8-11-17-32)42(45-40)33-18-12-9-13-19-33/h8-25,38H,1-7H3. The predicted octanol–water partition coefficient (Wildman–Crippen LogP) is 7.54. The van der Waals surface area contributed by atoms with Gasteiger partial charge in [-0.15, -0.1) is 0 Å². The fraction of sp³-hybridized carbons (Fsp3) is 0.205. The summed E-state index contributed by atoms with van der Waals surface area (Å²) in [6.07, 6.45) is -0.375. The van der Waals surface area contributed by atoms with Crippen LogP contribution in [0.25, 0.3) is 0 Å². The third-order valence-electron chi connectivity index (χ3n) is 8.75. The number of benzene rings is 5. The number of esters is 1. The van der Waals surface area contributed by atoms with E-state index in [4.69, 9.17) is 8.60 Å². The molecule has 0 aliphatic carbocycles. The van der Waals surface area contributed by atoms with Crippen molar-refractivity contribution in [2.45, 2.75) is 47.7 Å². The Morgan fingerprint density at radius 3 is 1.64 bits per heavy atom. The van der Waals surface area contributed by atoms with Gasteiger partial charge in [-0.1, -0.05) is 0 Å². The first-order valence-electron chi connectivity index (χ1n) is 15.4. The molecule has 0 saturated carbocycles. The fourth-order valence-electron chi connectivity index (χ4n) is 7.35. The number of para-hydroxylation sites is 2. The molecule has 1 saturated heterocycles. The van der Waals surface area contributed by atoms with Gasteiger partial charge in [0, 0.05) is 0 Å². The second-order valence-corrected chi connectivity index (χ2v) is 18.3. The quantitative estimate of drug-likeness (QED) is 0.140. The van der Waals surface area contributed by atoms with E-state index in [-0.39, 0.29) is 12.1 Å². The van der Waals surface area contributed by atoms with E-state index in [0.717, 1.165) is 16.9 Å². The Morgan fingerprint density at radius 1 is 0.667 bits per heavy atom. The van der Waals surface area contributed by atoms with Crippen LogP contribution in [-0.2, 0) is 8.60 Å². The Hall–Kier alpha value is -4.33. The van der Waals surface area contributed by atoms with Crippen LogP contribution in [0.3, 0.4) is 0 Å². The Balaban J connectivity index is 1.84. The zero-order valence-electron chi connectivity index (χ0n) is 27.1. The molecule has 0 aromatic heterocycles. The van der Waals surface area contributed by atoms with E-state index >= 15 is 0 Å². The molecule has 0 N–H and O–H groups in total. The third-order valence-corrected chi connectivity index (χ3v) is 18.3. The van der Waals surface area contributed by atoms with E-state index in [9.17, 15) is 4.79 Å². The van der Waals surface area contributed by atoms with E-state index in [1.807, 2.05) is 42.5 Å². The molecular weight excluding hydrogens is 617 g/mol. The molecule has 1 unspecified atom stereocenters. The van der Waals surface area contributed by atoms with Gasteiger partial charge in [-0.05, 0) is 0 Å². The first kappa shape index (κ1) is 30.7. The Morgan fingerprint density at radius 2 is 1.13 bits per heavy atom. The van der Waals surface area contributed by atoms with Gasteiger partial charge in [0.25, 0.3) is 0 Å². The van der Waals surface area contributed by atoms with E-state index < -0.39 is 13.8 Å². The van der Waals surface area contributed by atoms with Gasteiger partial charge in [-0.2, -0.15) is 0 Å². The Bertz CT molecular complexity index is 1770. The van der Waals surface area contributed by atoms with Crippen molar-refractivity contribution < 1.29 is 13.4 Å². The van der Waals surface area contributed by atoms with Crippen molar-refractivity contribution in [1.29, 1.82) is 0 Å². The van der Waals surface area contributed by atoms with Gasteiger partial charge < -0.3 is 0 Å². The van der Waals surface area contributed by atoms with Gasteiger partial charge in [0.15, 0.2) is 0 Å². The molecule has 5 nitrogen and oxygen atoms in total. The molecule has 1 aliphatic rings. The zero-order chi connectivity index (χ0) is 31.9. The van der Waals surface area contributed by atoms with Crippen LogP contribution < -0.4 is 17.7 Å². The van der Waals surface area contributed by atoms with Crippen molar-refractivity contribution in [3.63, 3.8) is 0 Å². The molecule has 5 aromatic carbocycles. The van der Waals surface area contributed by atoms with Gasteiger partial charge in [0.05, 0.1) is 0 Å². The molecule has 1 aliphatic heterocycles. The van der Waals surface area contributed by atoms with E-state index in [1.54, 1.807) is 0 Å². The van der Waals surface area contributed by atoms with Gasteiger partial charge in [0.1, 0.15) is 0 Å². The third kappa shape index (κ3) is 5.24. The number of carbonyl (C=O) groups is 1. The summed E-state index contributed by atoms with van der Waals surface area (Å²) in [6, 6.07) is 37.7. The predicted molar refractivity (Wildman–Crippen MR) is 186 cm³/mol. The second-order valence-electron chi connectivity index (χ2n) is 12.1. The molecule has 0 amide bonds. The number of aryl methyl sites for hydroxylation is 6. The van der Waals surface area contributed by atoms with Gasteiger partial charge in [-0.3, -0.25) is 0 Å². The van der Waals surface area contributed by atoms with Crippen LogP contribution >= 0.6 is 0 Å². The maximum atomic E-state index is 13.5. The molecular formula is C39H40GeN2O3. The van der Waals surface area contributed by atoms with E-state index in [0.29, 0.717) is 5.56 Å². The van der Waals surface area contributed by atoms with Crippen molar-refractivity contribution in [2.75, 3.05) is 16.0 Å². The first-order valence-corrected chi connectivity index (χ1v) is 19.3. The van der Waals surface area contributed by atoms with Gasteiger partial charge in [0.2, 0.25) is 0 Å². The van der Waals surface area contributed by atoms with Crippen LogP contribution in [0.2, 0.25) is 0 Å². The summed E-state index contributed by atoms with van der Waals surface area (Å²) in [6.45, 7) is 13.1. The van der Waals surface area contributed by atoms with E-state index in [1.165, 1.54) is 49.3 Å². The molecule has 0 spiro atoms. The topological polar surface area (TPSA) is 42.0 Å². The van der Waals surface area contributed by atoms with Crippen LogP contribution in [0.4, 0.5) is 11.4 Å². The number of rotatable bonds is 6. The zero-order valence-corrected chi connectivity index (χ0v) is 29.2. The summed E-state index contributed by atoms with van der Waals surface area (Å²) in [4.78, 5) is 13.5. The van der Waals surface area contributed by atoms with Crippen molar-refractivity contribution >= 4 is 40.0 Å². The summed E-state index contributed by atoms with van der Waals surface area (Å²) in [5.74, 6) is -0.374. The number of ether oxygens (including phenoxy) is 1. The average Bonchev–Trinajstić information content (AvgIpc) is 3.36. The van der Waals surface area contributed by atoms with Crippen LogP contribution in [-0.4, -0.2) is 26.9 Å². The molecule has 1 fully saturated rings. The second kappa shape index (κ2) is 12.2. The van der Waals surface area contributed by atoms with Crippen molar-refractivity contribution in [2.24, 2.45) is 0 Å². The summed E-state index contributed by atoms with van der Waals surface area (Å²) in [7, 11) is 1.45. The SMILES string of the molecule is COC(=O)c1ccccc1[N]1C(c2ccccc2)N(c2ccccc2)[O][Ge]1([c]1c(C)cc(C)cc1C)[c]1c(C)cc(C)cc1C. The minimum atomic E-state index is -4.33. The van der Waals surface area contributed by atoms with Crippen LogP contribution in [0.5, 0.6) is 0 Å². The molecule has 45 heavy (non-hydrogen) atoms. The average molecular weight is 657 g/mol. The van der Waals surface area contributed by atoms with Gasteiger partial charge >= 0.3 is 271 Å². The molecule has 0 radical (unpaired) electrons. The normalized spacial score (nSPS) is 15.8. The summed E-state index contributed by atoms with van der Waals surface area (Å²) >= 11 is -4.33. The number of hydroxylamine groups is 1. The van der Waals surface area contributed by atoms with E-state index in [2.05, 4.69) is 117 Å². The monoisotopic (exact) mass is 658 g/mol. The molecule has 6 rings (SSSR count). The van der Waals surface area contributed by atoms with Crippen LogP contribution in [0.15, 0.2) is 109 Å². The Kier molecular flexibility index (Phi) is 8.34.